The molecule has 1 fully saturated rings. The van der Waals surface area contributed by atoms with Crippen LogP contribution in [0.15, 0.2) is 0 Å². The Kier molecular flexibility index (Phi) is 5.99. The molecule has 1 rings (SSSR count). The summed E-state index contributed by atoms with van der Waals surface area (Å²) in [6, 6.07) is 0.221. The molecule has 116 valence electrons. The molecule has 1 saturated carbocycles. The Balaban J connectivity index is 2.64. The van der Waals surface area contributed by atoms with Crippen molar-refractivity contribution in [2.45, 2.75) is 52.5 Å². The van der Waals surface area contributed by atoms with Gasteiger partial charge >= 0.3 is 5.97 Å². The van der Waals surface area contributed by atoms with Gasteiger partial charge in [0.2, 0.25) is 5.91 Å². The van der Waals surface area contributed by atoms with Crippen LogP contribution in [0.2, 0.25) is 0 Å². The molecule has 1 amide bonds. The molecule has 0 aliphatic heterocycles. The van der Waals surface area contributed by atoms with E-state index in [4.69, 9.17) is 9.84 Å². The molecule has 5 heteroatoms. The molecule has 0 aromatic rings. The number of methoxy groups -OCH3 is 1. The van der Waals surface area contributed by atoms with Gasteiger partial charge in [-0.1, -0.05) is 13.8 Å². The van der Waals surface area contributed by atoms with Crippen molar-refractivity contribution in [3.8, 4) is 0 Å². The standard InChI is InChI=1S/C15H27NO4/c1-11(12-5-6-12)16(7-8-20-4)13(17)9-15(2,3)10-14(18)19/h11-12H,5-10H2,1-4H3,(H,18,19). The summed E-state index contributed by atoms with van der Waals surface area (Å²) in [4.78, 5) is 25.2. The third kappa shape index (κ3) is 5.49. The summed E-state index contributed by atoms with van der Waals surface area (Å²) in [6.07, 6.45) is 2.63. The molecule has 0 saturated heterocycles. The third-order valence-corrected chi connectivity index (χ3v) is 3.91. The molecule has 20 heavy (non-hydrogen) atoms. The van der Waals surface area contributed by atoms with Crippen molar-refractivity contribution < 1.29 is 19.4 Å². The van der Waals surface area contributed by atoms with Gasteiger partial charge in [0.05, 0.1) is 13.0 Å². The Morgan fingerprint density at radius 2 is 1.95 bits per heavy atom. The van der Waals surface area contributed by atoms with Gasteiger partial charge in [-0.3, -0.25) is 9.59 Å². The minimum Gasteiger partial charge on any atom is -0.481 e. The van der Waals surface area contributed by atoms with Crippen LogP contribution in [0, 0.1) is 11.3 Å². The highest BCUT2D eigenvalue weighted by Gasteiger charge is 2.36. The van der Waals surface area contributed by atoms with Gasteiger partial charge in [-0.15, -0.1) is 0 Å². The van der Waals surface area contributed by atoms with Crippen molar-refractivity contribution in [3.05, 3.63) is 0 Å². The molecule has 1 atom stereocenters. The van der Waals surface area contributed by atoms with Crippen molar-refractivity contribution in [2.75, 3.05) is 20.3 Å². The topological polar surface area (TPSA) is 66.8 Å². The first kappa shape index (κ1) is 17.0. The van der Waals surface area contributed by atoms with Crippen LogP contribution in [-0.2, 0) is 14.3 Å². The second kappa shape index (κ2) is 7.07. The molecule has 0 spiro atoms. The van der Waals surface area contributed by atoms with E-state index in [-0.39, 0.29) is 24.8 Å². The van der Waals surface area contributed by atoms with Crippen molar-refractivity contribution in [1.82, 2.24) is 4.90 Å². The summed E-state index contributed by atoms with van der Waals surface area (Å²) < 4.78 is 5.08. The predicted molar refractivity (Wildman–Crippen MR) is 76.4 cm³/mol. The molecular formula is C15H27NO4. The number of hydrogen-bond donors (Lipinski definition) is 1. The average molecular weight is 285 g/mol. The largest absolute Gasteiger partial charge is 0.481 e. The Hall–Kier alpha value is -1.10. The zero-order valence-corrected chi connectivity index (χ0v) is 13.0. The molecule has 1 N–H and O–H groups in total. The van der Waals surface area contributed by atoms with E-state index in [0.717, 1.165) is 0 Å². The van der Waals surface area contributed by atoms with E-state index in [1.807, 2.05) is 18.7 Å². The maximum Gasteiger partial charge on any atom is 0.303 e. The number of carbonyl (C=O) groups is 2. The number of carboxylic acids is 1. The van der Waals surface area contributed by atoms with Crippen LogP contribution in [0.1, 0.15) is 46.5 Å². The molecular weight excluding hydrogens is 258 g/mol. The highest BCUT2D eigenvalue weighted by molar-refractivity contribution is 5.78. The normalized spacial score (nSPS) is 16.8. The van der Waals surface area contributed by atoms with Crippen molar-refractivity contribution >= 4 is 11.9 Å². The van der Waals surface area contributed by atoms with Gasteiger partial charge in [0, 0.05) is 26.1 Å². The van der Waals surface area contributed by atoms with Crippen molar-refractivity contribution in [3.63, 3.8) is 0 Å². The summed E-state index contributed by atoms with van der Waals surface area (Å²) in [5.74, 6) is -0.229. The van der Waals surface area contributed by atoms with E-state index in [1.165, 1.54) is 12.8 Å². The highest BCUT2D eigenvalue weighted by atomic mass is 16.5. The monoisotopic (exact) mass is 285 g/mol. The molecule has 1 unspecified atom stereocenters. The van der Waals surface area contributed by atoms with E-state index in [1.54, 1.807) is 7.11 Å². The Morgan fingerprint density at radius 1 is 1.35 bits per heavy atom. The lowest BCUT2D eigenvalue weighted by Crippen LogP contribution is -2.43. The fraction of sp³-hybridized carbons (Fsp3) is 0.867. The van der Waals surface area contributed by atoms with Crippen LogP contribution < -0.4 is 0 Å². The van der Waals surface area contributed by atoms with Gasteiger partial charge in [-0.2, -0.15) is 0 Å². The number of carbonyl (C=O) groups excluding carboxylic acids is 1. The number of hydrogen-bond acceptors (Lipinski definition) is 3. The van der Waals surface area contributed by atoms with Gasteiger partial charge in [0.25, 0.3) is 0 Å². The Bertz CT molecular complexity index is 350. The fourth-order valence-electron chi connectivity index (χ4n) is 2.56. The van der Waals surface area contributed by atoms with E-state index in [0.29, 0.717) is 19.1 Å². The predicted octanol–water partition coefficient (Wildman–Crippen LogP) is 2.15. The summed E-state index contributed by atoms with van der Waals surface area (Å²) in [5.41, 5.74) is -0.516. The van der Waals surface area contributed by atoms with Crippen LogP contribution in [-0.4, -0.2) is 48.2 Å². The molecule has 1 aliphatic carbocycles. The van der Waals surface area contributed by atoms with Crippen LogP contribution in [0.5, 0.6) is 0 Å². The average Bonchev–Trinajstić information content (AvgIpc) is 3.09. The number of rotatable bonds is 9. The van der Waals surface area contributed by atoms with E-state index < -0.39 is 11.4 Å². The summed E-state index contributed by atoms with van der Waals surface area (Å²) in [5, 5.41) is 8.90. The number of ether oxygens (including phenoxy) is 1. The highest BCUT2D eigenvalue weighted by Crippen LogP contribution is 2.36. The molecule has 0 radical (unpaired) electrons. The lowest BCUT2D eigenvalue weighted by molar-refractivity contribution is -0.141. The van der Waals surface area contributed by atoms with E-state index >= 15 is 0 Å². The third-order valence-electron chi connectivity index (χ3n) is 3.91. The van der Waals surface area contributed by atoms with E-state index in [2.05, 4.69) is 6.92 Å². The molecule has 0 heterocycles. The first-order chi connectivity index (χ1) is 9.26. The molecule has 5 nitrogen and oxygen atoms in total. The van der Waals surface area contributed by atoms with Crippen LogP contribution in [0.25, 0.3) is 0 Å². The zero-order chi connectivity index (χ0) is 15.3. The van der Waals surface area contributed by atoms with E-state index in [9.17, 15) is 9.59 Å². The number of carboxylic acid groups (broad SMARTS) is 1. The van der Waals surface area contributed by atoms with Crippen LogP contribution in [0.4, 0.5) is 0 Å². The van der Waals surface area contributed by atoms with Crippen LogP contribution >= 0.6 is 0 Å². The Labute approximate surface area is 121 Å². The maximum atomic E-state index is 12.5. The fourth-order valence-corrected chi connectivity index (χ4v) is 2.56. The molecule has 0 aromatic carbocycles. The SMILES string of the molecule is COCCN(C(=O)CC(C)(C)CC(=O)O)C(C)C1CC1. The summed E-state index contributed by atoms with van der Waals surface area (Å²) in [6.45, 7) is 6.83. The van der Waals surface area contributed by atoms with Gasteiger partial charge in [0.1, 0.15) is 0 Å². The summed E-state index contributed by atoms with van der Waals surface area (Å²) >= 11 is 0. The first-order valence-electron chi connectivity index (χ1n) is 7.27. The van der Waals surface area contributed by atoms with Crippen LogP contribution in [0.3, 0.4) is 0 Å². The second-order valence-electron chi connectivity index (χ2n) is 6.57. The minimum atomic E-state index is -0.860. The molecule has 1 aliphatic rings. The van der Waals surface area contributed by atoms with Crippen molar-refractivity contribution in [1.29, 1.82) is 0 Å². The van der Waals surface area contributed by atoms with Gasteiger partial charge in [-0.05, 0) is 31.1 Å². The summed E-state index contributed by atoms with van der Waals surface area (Å²) in [7, 11) is 1.62. The Morgan fingerprint density at radius 3 is 2.40 bits per heavy atom. The van der Waals surface area contributed by atoms with Crippen molar-refractivity contribution in [2.24, 2.45) is 11.3 Å². The lowest BCUT2D eigenvalue weighted by atomic mass is 9.85. The number of aliphatic carboxylic acids is 1. The lowest BCUT2D eigenvalue weighted by Gasteiger charge is -2.32. The number of amides is 1. The first-order valence-corrected chi connectivity index (χ1v) is 7.27. The second-order valence-corrected chi connectivity index (χ2v) is 6.57. The quantitative estimate of drug-likeness (QED) is 0.705. The van der Waals surface area contributed by atoms with Gasteiger partial charge in [0.15, 0.2) is 0 Å². The molecule has 0 bridgehead atoms. The molecule has 0 aromatic heterocycles. The number of nitrogens with zero attached hydrogens (tertiary/aromatic N) is 1. The smallest absolute Gasteiger partial charge is 0.303 e. The van der Waals surface area contributed by atoms with Gasteiger partial charge < -0.3 is 14.7 Å². The van der Waals surface area contributed by atoms with Gasteiger partial charge in [-0.25, -0.2) is 0 Å². The maximum absolute atomic E-state index is 12.5. The minimum absolute atomic E-state index is 0.00860. The zero-order valence-electron chi connectivity index (χ0n) is 13.0.